The van der Waals surface area contributed by atoms with E-state index in [0.29, 0.717) is 6.42 Å². The van der Waals surface area contributed by atoms with E-state index in [1.165, 1.54) is 19.3 Å². The topological polar surface area (TPSA) is 43.8 Å². The second-order valence-corrected chi connectivity index (χ2v) is 5.85. The van der Waals surface area contributed by atoms with Crippen LogP contribution >= 0.6 is 0 Å². The average molecular weight is 290 g/mol. The van der Waals surface area contributed by atoms with Crippen LogP contribution in [0.1, 0.15) is 39.5 Å². The van der Waals surface area contributed by atoms with Gasteiger partial charge < -0.3 is 14.9 Å². The Morgan fingerprint density at radius 2 is 2.05 bits per heavy atom. The first-order valence-electron chi connectivity index (χ1n) is 7.95. The molecular formula is C17H26N2O2. The van der Waals surface area contributed by atoms with Crippen LogP contribution in [0.2, 0.25) is 0 Å². The maximum atomic E-state index is 12.3. The van der Waals surface area contributed by atoms with Gasteiger partial charge >= 0.3 is 0 Å². The number of likely N-dealkylation sites (tertiary alicyclic amines) is 1. The summed E-state index contributed by atoms with van der Waals surface area (Å²) in [6, 6.07) is 7.08. The van der Waals surface area contributed by atoms with Crippen LogP contribution in [0.3, 0.4) is 0 Å². The average Bonchev–Trinajstić information content (AvgIpc) is 2.48. The highest BCUT2D eigenvalue weighted by Crippen LogP contribution is 2.23. The first-order valence-corrected chi connectivity index (χ1v) is 7.95. The molecule has 0 bridgehead atoms. The number of benzene rings is 1. The molecule has 1 heterocycles. The number of rotatable bonds is 5. The summed E-state index contributed by atoms with van der Waals surface area (Å²) in [6.07, 6.45) is 4.29. The predicted octanol–water partition coefficient (Wildman–Crippen LogP) is 3.01. The molecule has 1 aliphatic heterocycles. The van der Waals surface area contributed by atoms with Crippen LogP contribution in [-0.2, 0) is 4.79 Å². The van der Waals surface area contributed by atoms with Crippen LogP contribution in [-0.4, -0.2) is 41.6 Å². The van der Waals surface area contributed by atoms with Crippen molar-refractivity contribution < 1.29 is 9.90 Å². The number of phenols is 1. The lowest BCUT2D eigenvalue weighted by Gasteiger charge is -2.35. The SMILES string of the molecule is CCC(=O)N(c1cccc(O)c1)C(C)CN1CCCCC1. The van der Waals surface area contributed by atoms with Crippen molar-refractivity contribution >= 4 is 11.6 Å². The minimum Gasteiger partial charge on any atom is -0.508 e. The molecule has 21 heavy (non-hydrogen) atoms. The number of hydrogen-bond donors (Lipinski definition) is 1. The van der Waals surface area contributed by atoms with Gasteiger partial charge in [-0.3, -0.25) is 4.79 Å². The fourth-order valence-electron chi connectivity index (χ4n) is 3.05. The molecule has 1 aliphatic rings. The Morgan fingerprint density at radius 3 is 2.67 bits per heavy atom. The van der Waals surface area contributed by atoms with Gasteiger partial charge in [0.1, 0.15) is 5.75 Å². The number of piperidine rings is 1. The van der Waals surface area contributed by atoms with Crippen molar-refractivity contribution in [2.75, 3.05) is 24.5 Å². The summed E-state index contributed by atoms with van der Waals surface area (Å²) >= 11 is 0. The van der Waals surface area contributed by atoms with Crippen molar-refractivity contribution in [2.24, 2.45) is 0 Å². The lowest BCUT2D eigenvalue weighted by molar-refractivity contribution is -0.118. The fourth-order valence-corrected chi connectivity index (χ4v) is 3.05. The van der Waals surface area contributed by atoms with Crippen molar-refractivity contribution in [2.45, 2.75) is 45.6 Å². The lowest BCUT2D eigenvalue weighted by Crippen LogP contribution is -2.46. The number of nitrogens with zero attached hydrogens (tertiary/aromatic N) is 2. The summed E-state index contributed by atoms with van der Waals surface area (Å²) in [6.45, 7) is 7.11. The maximum absolute atomic E-state index is 12.3. The van der Waals surface area contributed by atoms with Crippen molar-refractivity contribution in [3.63, 3.8) is 0 Å². The summed E-state index contributed by atoms with van der Waals surface area (Å²) in [7, 11) is 0. The van der Waals surface area contributed by atoms with Crippen LogP contribution in [0, 0.1) is 0 Å². The van der Waals surface area contributed by atoms with E-state index in [4.69, 9.17) is 0 Å². The zero-order chi connectivity index (χ0) is 15.2. The third-order valence-electron chi connectivity index (χ3n) is 4.09. The molecule has 1 aromatic carbocycles. The third-order valence-corrected chi connectivity index (χ3v) is 4.09. The monoisotopic (exact) mass is 290 g/mol. The second kappa shape index (κ2) is 7.46. The van der Waals surface area contributed by atoms with E-state index in [-0.39, 0.29) is 17.7 Å². The minimum absolute atomic E-state index is 0.102. The van der Waals surface area contributed by atoms with Crippen molar-refractivity contribution in [3.8, 4) is 5.75 Å². The van der Waals surface area contributed by atoms with Gasteiger partial charge in [-0.05, 0) is 45.0 Å². The van der Waals surface area contributed by atoms with Crippen LogP contribution < -0.4 is 4.90 Å². The first kappa shape index (κ1) is 15.8. The number of carbonyl (C=O) groups is 1. The van der Waals surface area contributed by atoms with E-state index in [2.05, 4.69) is 11.8 Å². The van der Waals surface area contributed by atoms with Crippen LogP contribution in [0.25, 0.3) is 0 Å². The standard InChI is InChI=1S/C17H26N2O2/c1-3-17(21)19(15-8-7-9-16(20)12-15)14(2)13-18-10-5-4-6-11-18/h7-9,12,14,20H,3-6,10-11,13H2,1-2H3. The molecule has 0 aliphatic carbocycles. The Hall–Kier alpha value is -1.55. The highest BCUT2D eigenvalue weighted by Gasteiger charge is 2.23. The molecule has 2 rings (SSSR count). The quantitative estimate of drug-likeness (QED) is 0.906. The predicted molar refractivity (Wildman–Crippen MR) is 85.6 cm³/mol. The van der Waals surface area contributed by atoms with E-state index >= 15 is 0 Å². The van der Waals surface area contributed by atoms with Gasteiger partial charge in [0.05, 0.1) is 0 Å². The largest absolute Gasteiger partial charge is 0.508 e. The van der Waals surface area contributed by atoms with Gasteiger partial charge in [-0.25, -0.2) is 0 Å². The molecular weight excluding hydrogens is 264 g/mol. The fraction of sp³-hybridized carbons (Fsp3) is 0.588. The lowest BCUT2D eigenvalue weighted by atomic mass is 10.1. The summed E-state index contributed by atoms with van der Waals surface area (Å²) in [5, 5.41) is 9.67. The molecule has 0 aromatic heterocycles. The Morgan fingerprint density at radius 1 is 1.33 bits per heavy atom. The van der Waals surface area contributed by atoms with Gasteiger partial charge in [-0.15, -0.1) is 0 Å². The number of anilines is 1. The smallest absolute Gasteiger partial charge is 0.226 e. The molecule has 4 nitrogen and oxygen atoms in total. The van der Waals surface area contributed by atoms with E-state index in [1.807, 2.05) is 17.9 Å². The van der Waals surface area contributed by atoms with E-state index in [9.17, 15) is 9.90 Å². The Bertz CT molecular complexity index is 470. The second-order valence-electron chi connectivity index (χ2n) is 5.85. The number of aromatic hydroxyl groups is 1. The summed E-state index contributed by atoms with van der Waals surface area (Å²) in [5.74, 6) is 0.302. The summed E-state index contributed by atoms with van der Waals surface area (Å²) in [5.41, 5.74) is 0.784. The van der Waals surface area contributed by atoms with Gasteiger partial charge in [-0.1, -0.05) is 19.4 Å². The van der Waals surface area contributed by atoms with Gasteiger partial charge in [0, 0.05) is 30.8 Å². The molecule has 4 heteroatoms. The van der Waals surface area contributed by atoms with Crippen LogP contribution in [0.15, 0.2) is 24.3 Å². The molecule has 1 amide bonds. The molecule has 1 atom stereocenters. The Labute approximate surface area is 127 Å². The molecule has 1 saturated heterocycles. The van der Waals surface area contributed by atoms with E-state index in [1.54, 1.807) is 18.2 Å². The zero-order valence-electron chi connectivity index (χ0n) is 13.1. The number of amides is 1. The number of phenolic OH excluding ortho intramolecular Hbond substituents is 1. The Balaban J connectivity index is 2.13. The normalized spacial score (nSPS) is 17.4. The molecule has 116 valence electrons. The molecule has 1 fully saturated rings. The summed E-state index contributed by atoms with van der Waals surface area (Å²) < 4.78 is 0. The number of carbonyl (C=O) groups excluding carboxylic acids is 1. The molecule has 0 spiro atoms. The van der Waals surface area contributed by atoms with E-state index < -0.39 is 0 Å². The molecule has 1 unspecified atom stereocenters. The molecule has 1 N–H and O–H groups in total. The highest BCUT2D eigenvalue weighted by atomic mass is 16.3. The van der Waals surface area contributed by atoms with Crippen molar-refractivity contribution in [1.82, 2.24) is 4.90 Å². The number of hydrogen-bond acceptors (Lipinski definition) is 3. The van der Waals surface area contributed by atoms with Gasteiger partial charge in [0.2, 0.25) is 5.91 Å². The van der Waals surface area contributed by atoms with Gasteiger partial charge in [0.15, 0.2) is 0 Å². The minimum atomic E-state index is 0.102. The maximum Gasteiger partial charge on any atom is 0.226 e. The Kier molecular flexibility index (Phi) is 5.62. The van der Waals surface area contributed by atoms with Crippen molar-refractivity contribution in [3.05, 3.63) is 24.3 Å². The van der Waals surface area contributed by atoms with Crippen LogP contribution in [0.5, 0.6) is 5.75 Å². The van der Waals surface area contributed by atoms with Gasteiger partial charge in [-0.2, -0.15) is 0 Å². The third kappa shape index (κ3) is 4.21. The highest BCUT2D eigenvalue weighted by molar-refractivity contribution is 5.93. The molecule has 1 aromatic rings. The molecule has 0 saturated carbocycles. The van der Waals surface area contributed by atoms with Crippen molar-refractivity contribution in [1.29, 1.82) is 0 Å². The van der Waals surface area contributed by atoms with E-state index in [0.717, 1.165) is 25.3 Å². The van der Waals surface area contributed by atoms with Crippen LogP contribution in [0.4, 0.5) is 5.69 Å². The summed E-state index contributed by atoms with van der Waals surface area (Å²) in [4.78, 5) is 16.6. The van der Waals surface area contributed by atoms with Gasteiger partial charge in [0.25, 0.3) is 0 Å². The molecule has 0 radical (unpaired) electrons. The first-order chi connectivity index (χ1) is 10.1. The zero-order valence-corrected chi connectivity index (χ0v) is 13.1.